The second kappa shape index (κ2) is 6.59. The minimum atomic E-state index is 0.176. The van der Waals surface area contributed by atoms with Gasteiger partial charge in [0.25, 0.3) is 0 Å². The topological polar surface area (TPSA) is 52.0 Å². The molecule has 0 spiro atoms. The van der Waals surface area contributed by atoms with Crippen molar-refractivity contribution >= 4 is 5.95 Å². The van der Waals surface area contributed by atoms with Crippen LogP contribution in [0.5, 0.6) is 5.75 Å². The second-order valence-electron chi connectivity index (χ2n) is 6.39. The first kappa shape index (κ1) is 15.7. The molecule has 0 radical (unpaired) electrons. The van der Waals surface area contributed by atoms with Gasteiger partial charge in [0.05, 0.1) is 18.7 Å². The number of benzene rings is 2. The van der Waals surface area contributed by atoms with E-state index < -0.39 is 0 Å². The van der Waals surface area contributed by atoms with Crippen molar-refractivity contribution in [2.45, 2.75) is 32.4 Å². The van der Waals surface area contributed by atoms with E-state index in [2.05, 4.69) is 58.7 Å². The summed E-state index contributed by atoms with van der Waals surface area (Å²) in [5.74, 6) is 1.72. The number of nitrogens with one attached hydrogen (secondary N) is 1. The van der Waals surface area contributed by atoms with E-state index >= 15 is 0 Å². The summed E-state index contributed by atoms with van der Waals surface area (Å²) < 4.78 is 7.53. The molecule has 2 atom stereocenters. The average Bonchev–Trinajstić information content (AvgIpc) is 3.10. The highest BCUT2D eigenvalue weighted by molar-refractivity contribution is 5.40. The molecule has 4 rings (SSSR count). The Morgan fingerprint density at radius 1 is 1.16 bits per heavy atom. The molecule has 0 amide bonds. The van der Waals surface area contributed by atoms with Gasteiger partial charge in [-0.1, -0.05) is 42.0 Å². The van der Waals surface area contributed by atoms with Crippen LogP contribution in [-0.2, 0) is 0 Å². The van der Waals surface area contributed by atoms with Crippen LogP contribution in [-0.4, -0.2) is 21.4 Å². The molecule has 0 bridgehead atoms. The molecule has 0 saturated heterocycles. The predicted octanol–water partition coefficient (Wildman–Crippen LogP) is 4.13. The van der Waals surface area contributed by atoms with Crippen molar-refractivity contribution in [1.29, 1.82) is 0 Å². The summed E-state index contributed by atoms with van der Waals surface area (Å²) in [5, 5.41) is 7.94. The third-order valence-corrected chi connectivity index (χ3v) is 4.65. The number of anilines is 1. The molecule has 25 heavy (non-hydrogen) atoms. The Hall–Kier alpha value is -2.82. The summed E-state index contributed by atoms with van der Waals surface area (Å²) in [6.07, 6.45) is 2.54. The highest BCUT2D eigenvalue weighted by atomic mass is 16.5. The van der Waals surface area contributed by atoms with Crippen molar-refractivity contribution < 1.29 is 4.74 Å². The van der Waals surface area contributed by atoms with Crippen LogP contribution >= 0.6 is 0 Å². The summed E-state index contributed by atoms with van der Waals surface area (Å²) in [7, 11) is 0. The van der Waals surface area contributed by atoms with Crippen LogP contribution in [0.25, 0.3) is 0 Å². The van der Waals surface area contributed by atoms with Crippen molar-refractivity contribution in [1.82, 2.24) is 14.8 Å². The van der Waals surface area contributed by atoms with Gasteiger partial charge < -0.3 is 10.1 Å². The first-order valence-electron chi connectivity index (χ1n) is 8.70. The van der Waals surface area contributed by atoms with Gasteiger partial charge in [-0.15, -0.1) is 0 Å². The van der Waals surface area contributed by atoms with Crippen LogP contribution in [0.3, 0.4) is 0 Å². The van der Waals surface area contributed by atoms with Gasteiger partial charge >= 0.3 is 0 Å². The quantitative estimate of drug-likeness (QED) is 0.779. The van der Waals surface area contributed by atoms with E-state index in [-0.39, 0.29) is 12.1 Å². The molecule has 1 aromatic heterocycles. The number of ether oxygens (including phenoxy) is 1. The van der Waals surface area contributed by atoms with E-state index in [0.29, 0.717) is 6.61 Å². The van der Waals surface area contributed by atoms with Crippen LogP contribution in [0.1, 0.15) is 42.1 Å². The third-order valence-electron chi connectivity index (χ3n) is 4.65. The molecule has 0 saturated carbocycles. The molecule has 5 nitrogen and oxygen atoms in total. The Morgan fingerprint density at radius 3 is 2.76 bits per heavy atom. The Bertz CT molecular complexity index is 856. The van der Waals surface area contributed by atoms with Crippen LogP contribution in [0, 0.1) is 6.92 Å². The molecule has 0 unspecified atom stereocenters. The summed E-state index contributed by atoms with van der Waals surface area (Å²) in [4.78, 5) is 4.39. The van der Waals surface area contributed by atoms with Crippen molar-refractivity contribution in [2.24, 2.45) is 0 Å². The van der Waals surface area contributed by atoms with Crippen LogP contribution < -0.4 is 10.1 Å². The van der Waals surface area contributed by atoms with E-state index in [1.807, 2.05) is 23.7 Å². The summed E-state index contributed by atoms with van der Waals surface area (Å²) in [5.41, 5.74) is 3.76. The molecule has 128 valence electrons. The van der Waals surface area contributed by atoms with Gasteiger partial charge in [-0.2, -0.15) is 10.1 Å². The fourth-order valence-corrected chi connectivity index (χ4v) is 3.46. The smallest absolute Gasteiger partial charge is 0.222 e. The molecule has 0 aliphatic carbocycles. The maximum Gasteiger partial charge on any atom is 0.222 e. The van der Waals surface area contributed by atoms with Gasteiger partial charge in [-0.25, -0.2) is 4.68 Å². The number of aryl methyl sites for hydroxylation is 1. The molecule has 1 N–H and O–H groups in total. The van der Waals surface area contributed by atoms with Crippen molar-refractivity contribution in [3.63, 3.8) is 0 Å². The fraction of sp³-hybridized carbons (Fsp3) is 0.300. The Balaban J connectivity index is 1.66. The van der Waals surface area contributed by atoms with Gasteiger partial charge in [0.2, 0.25) is 5.95 Å². The lowest BCUT2D eigenvalue weighted by Gasteiger charge is -2.32. The van der Waals surface area contributed by atoms with E-state index in [9.17, 15) is 0 Å². The molecule has 2 aromatic carbocycles. The van der Waals surface area contributed by atoms with Gasteiger partial charge in [0, 0.05) is 0 Å². The maximum atomic E-state index is 5.55. The van der Waals surface area contributed by atoms with E-state index in [1.54, 1.807) is 6.33 Å². The molecule has 1 aliphatic rings. The highest BCUT2D eigenvalue weighted by Gasteiger charge is 2.29. The number of aromatic nitrogens is 3. The normalized spacial score (nSPS) is 19.1. The van der Waals surface area contributed by atoms with Crippen molar-refractivity contribution in [3.05, 3.63) is 71.5 Å². The third kappa shape index (κ3) is 3.09. The van der Waals surface area contributed by atoms with Gasteiger partial charge in [-0.05, 0) is 43.5 Å². The second-order valence-corrected chi connectivity index (χ2v) is 6.39. The van der Waals surface area contributed by atoms with Crippen LogP contribution in [0.15, 0.2) is 54.9 Å². The van der Waals surface area contributed by atoms with Gasteiger partial charge in [-0.3, -0.25) is 0 Å². The van der Waals surface area contributed by atoms with Gasteiger partial charge in [0.15, 0.2) is 0 Å². The number of nitrogens with zero attached hydrogens (tertiary/aromatic N) is 3. The number of fused-ring (bicyclic) bond motifs is 1. The first-order chi connectivity index (χ1) is 12.2. The Kier molecular flexibility index (Phi) is 4.14. The predicted molar refractivity (Wildman–Crippen MR) is 97.9 cm³/mol. The van der Waals surface area contributed by atoms with Crippen molar-refractivity contribution in [3.8, 4) is 5.75 Å². The number of hydrogen-bond donors (Lipinski definition) is 1. The zero-order valence-electron chi connectivity index (χ0n) is 14.5. The molecule has 1 aliphatic heterocycles. The fourth-order valence-electron chi connectivity index (χ4n) is 3.46. The SMILES string of the molecule is CCOc1ccc([C@H]2C[C@@H](c3cccc(C)c3)n3ncnc3N2)cc1. The Labute approximate surface area is 147 Å². The van der Waals surface area contributed by atoms with E-state index in [0.717, 1.165) is 18.1 Å². The summed E-state index contributed by atoms with van der Waals surface area (Å²) >= 11 is 0. The lowest BCUT2D eigenvalue weighted by atomic mass is 9.92. The minimum absolute atomic E-state index is 0.176. The standard InChI is InChI=1S/C20H22N4O/c1-3-25-17-9-7-15(8-10-17)18-12-19(16-6-4-5-14(2)11-16)24-20(23-18)21-13-22-24/h4-11,13,18-19H,3,12H2,1-2H3,(H,21,22,23)/t18-,19+/m1/s1. The van der Waals surface area contributed by atoms with Gasteiger partial charge in [0.1, 0.15) is 12.1 Å². The lowest BCUT2D eigenvalue weighted by molar-refractivity contribution is 0.340. The Morgan fingerprint density at radius 2 is 2.00 bits per heavy atom. The highest BCUT2D eigenvalue weighted by Crippen LogP contribution is 2.37. The molecule has 3 aromatic rings. The summed E-state index contributed by atoms with van der Waals surface area (Å²) in [6.45, 7) is 4.80. The number of rotatable bonds is 4. The monoisotopic (exact) mass is 334 g/mol. The average molecular weight is 334 g/mol. The van der Waals surface area contributed by atoms with E-state index in [1.165, 1.54) is 16.7 Å². The zero-order chi connectivity index (χ0) is 17.2. The number of hydrogen-bond acceptors (Lipinski definition) is 4. The maximum absolute atomic E-state index is 5.55. The molecule has 0 fully saturated rings. The summed E-state index contributed by atoms with van der Waals surface area (Å²) in [6, 6.07) is 17.3. The molecule has 5 heteroatoms. The lowest BCUT2D eigenvalue weighted by Crippen LogP contribution is -2.28. The zero-order valence-corrected chi connectivity index (χ0v) is 14.5. The first-order valence-corrected chi connectivity index (χ1v) is 8.70. The van der Waals surface area contributed by atoms with E-state index in [4.69, 9.17) is 4.74 Å². The minimum Gasteiger partial charge on any atom is -0.494 e. The molecular formula is C20H22N4O. The van der Waals surface area contributed by atoms with Crippen molar-refractivity contribution in [2.75, 3.05) is 11.9 Å². The largest absolute Gasteiger partial charge is 0.494 e. The molecular weight excluding hydrogens is 312 g/mol. The van der Waals surface area contributed by atoms with Crippen LogP contribution in [0.4, 0.5) is 5.95 Å². The van der Waals surface area contributed by atoms with Crippen LogP contribution in [0.2, 0.25) is 0 Å². The molecule has 2 heterocycles.